The summed E-state index contributed by atoms with van der Waals surface area (Å²) < 4.78 is 5.73. The molecule has 0 aliphatic rings. The number of Topliss-reactive ketones (excluding diaryl/α,β-unsaturated/α-hetero) is 1. The number of carbonyl (C=O) groups is 1. The molecule has 0 spiro atoms. The first kappa shape index (κ1) is 18.8. The van der Waals surface area contributed by atoms with E-state index in [9.17, 15) is 4.79 Å². The number of unbranched alkanes of at least 4 members (excludes halogenated alkanes) is 3. The number of benzene rings is 2. The number of allylic oxidation sites excluding steroid dienone is 1. The number of ketones is 1. The molecule has 0 bridgehead atoms. The molecule has 0 saturated heterocycles. The van der Waals surface area contributed by atoms with E-state index in [4.69, 9.17) is 10.5 Å². The fourth-order valence-corrected chi connectivity index (χ4v) is 2.48. The molecule has 0 saturated carbocycles. The summed E-state index contributed by atoms with van der Waals surface area (Å²) in [4.78, 5) is 12.1. The molecule has 2 N–H and O–H groups in total. The molecule has 132 valence electrons. The molecule has 3 nitrogen and oxygen atoms in total. The summed E-state index contributed by atoms with van der Waals surface area (Å²) in [6, 6.07) is 15.0. The van der Waals surface area contributed by atoms with E-state index >= 15 is 0 Å². The monoisotopic (exact) mass is 337 g/mol. The number of anilines is 1. The minimum Gasteiger partial charge on any atom is -0.494 e. The van der Waals surface area contributed by atoms with Crippen molar-refractivity contribution in [2.24, 2.45) is 0 Å². The number of hydrogen-bond donors (Lipinski definition) is 1. The highest BCUT2D eigenvalue weighted by atomic mass is 16.5. The molecule has 0 unspecified atom stereocenters. The lowest BCUT2D eigenvalue weighted by Gasteiger charge is -2.06. The summed E-state index contributed by atoms with van der Waals surface area (Å²) in [5.74, 6) is 0.981. The van der Waals surface area contributed by atoms with Gasteiger partial charge in [-0.15, -0.1) is 0 Å². The van der Waals surface area contributed by atoms with Crippen LogP contribution in [0.4, 0.5) is 5.69 Å². The van der Waals surface area contributed by atoms with E-state index in [1.807, 2.05) is 36.4 Å². The third-order valence-corrected chi connectivity index (χ3v) is 3.99. The fraction of sp³-hybridized carbons (Fsp3) is 0.318. The summed E-state index contributed by atoms with van der Waals surface area (Å²) in [6.45, 7) is 2.97. The Morgan fingerprint density at radius 1 is 1.00 bits per heavy atom. The Bertz CT molecular complexity index is 672. The lowest BCUT2D eigenvalue weighted by molar-refractivity contribution is 0.0996. The molecular formula is C22H27NO2. The van der Waals surface area contributed by atoms with E-state index in [2.05, 4.69) is 6.92 Å². The molecule has 2 aromatic rings. The fourth-order valence-electron chi connectivity index (χ4n) is 2.48. The van der Waals surface area contributed by atoms with Gasteiger partial charge in [0.05, 0.1) is 6.61 Å². The minimum atomic E-state index is 0.0864. The number of nitrogen functional groups attached to an aromatic ring is 1. The van der Waals surface area contributed by atoms with Gasteiger partial charge in [-0.3, -0.25) is 4.79 Å². The highest BCUT2D eigenvalue weighted by molar-refractivity contribution is 5.97. The summed E-state index contributed by atoms with van der Waals surface area (Å²) in [6.07, 6.45) is 9.05. The molecular weight excluding hydrogens is 310 g/mol. The lowest BCUT2D eigenvalue weighted by Crippen LogP contribution is -1.97. The maximum Gasteiger partial charge on any atom is 0.166 e. The molecule has 0 aliphatic carbocycles. The SMILES string of the molecule is CCCCCCOc1ccc(C=CCC(=O)c2ccc(N)cc2)cc1. The van der Waals surface area contributed by atoms with Gasteiger partial charge in [-0.05, 0) is 48.4 Å². The molecule has 2 rings (SSSR count). The van der Waals surface area contributed by atoms with E-state index in [-0.39, 0.29) is 5.78 Å². The van der Waals surface area contributed by atoms with Crippen LogP contribution >= 0.6 is 0 Å². The van der Waals surface area contributed by atoms with E-state index in [0.29, 0.717) is 17.7 Å². The van der Waals surface area contributed by atoms with E-state index in [0.717, 1.165) is 24.3 Å². The molecule has 0 aromatic heterocycles. The van der Waals surface area contributed by atoms with Crippen molar-refractivity contribution in [2.75, 3.05) is 12.3 Å². The van der Waals surface area contributed by atoms with Crippen molar-refractivity contribution in [3.05, 3.63) is 65.7 Å². The predicted octanol–water partition coefficient (Wildman–Crippen LogP) is 5.51. The van der Waals surface area contributed by atoms with Gasteiger partial charge in [-0.1, -0.05) is 50.5 Å². The average molecular weight is 337 g/mol. The third kappa shape index (κ3) is 6.84. The van der Waals surface area contributed by atoms with Gasteiger partial charge in [0.1, 0.15) is 5.75 Å². The Morgan fingerprint density at radius 3 is 2.40 bits per heavy atom. The zero-order valence-electron chi connectivity index (χ0n) is 14.9. The number of carbonyl (C=O) groups excluding carboxylic acids is 1. The predicted molar refractivity (Wildman–Crippen MR) is 105 cm³/mol. The maximum atomic E-state index is 12.1. The summed E-state index contributed by atoms with van der Waals surface area (Å²) in [5.41, 5.74) is 8.04. The van der Waals surface area contributed by atoms with Crippen molar-refractivity contribution in [1.82, 2.24) is 0 Å². The van der Waals surface area contributed by atoms with Crippen LogP contribution in [-0.4, -0.2) is 12.4 Å². The largest absolute Gasteiger partial charge is 0.494 e. The van der Waals surface area contributed by atoms with Gasteiger partial charge in [0.25, 0.3) is 0 Å². The number of rotatable bonds is 10. The zero-order chi connectivity index (χ0) is 17.9. The van der Waals surface area contributed by atoms with Gasteiger partial charge in [0.2, 0.25) is 0 Å². The summed E-state index contributed by atoms with van der Waals surface area (Å²) in [7, 11) is 0. The molecule has 0 amide bonds. The highest BCUT2D eigenvalue weighted by Gasteiger charge is 2.02. The summed E-state index contributed by atoms with van der Waals surface area (Å²) >= 11 is 0. The number of ether oxygens (including phenoxy) is 1. The van der Waals surface area contributed by atoms with E-state index < -0.39 is 0 Å². The molecule has 25 heavy (non-hydrogen) atoms. The number of hydrogen-bond acceptors (Lipinski definition) is 3. The van der Waals surface area contributed by atoms with Crippen molar-refractivity contribution in [2.45, 2.75) is 39.0 Å². The van der Waals surface area contributed by atoms with E-state index in [1.165, 1.54) is 19.3 Å². The van der Waals surface area contributed by atoms with Crippen molar-refractivity contribution in [3.63, 3.8) is 0 Å². The molecule has 2 aromatic carbocycles. The van der Waals surface area contributed by atoms with Crippen molar-refractivity contribution in [3.8, 4) is 5.75 Å². The van der Waals surface area contributed by atoms with Crippen LogP contribution in [0.5, 0.6) is 5.75 Å². The van der Waals surface area contributed by atoms with Crippen LogP contribution in [0.25, 0.3) is 6.08 Å². The van der Waals surface area contributed by atoms with Crippen molar-refractivity contribution >= 4 is 17.5 Å². The third-order valence-electron chi connectivity index (χ3n) is 3.99. The van der Waals surface area contributed by atoms with Gasteiger partial charge in [0.15, 0.2) is 5.78 Å². The van der Waals surface area contributed by atoms with Gasteiger partial charge < -0.3 is 10.5 Å². The molecule has 0 fully saturated rings. The maximum absolute atomic E-state index is 12.1. The second-order valence-corrected chi connectivity index (χ2v) is 6.13. The molecule has 0 aliphatic heterocycles. The molecule has 0 heterocycles. The second kappa shape index (κ2) is 10.3. The van der Waals surface area contributed by atoms with Crippen molar-refractivity contribution in [1.29, 1.82) is 0 Å². The average Bonchev–Trinajstić information content (AvgIpc) is 2.63. The minimum absolute atomic E-state index is 0.0864. The molecule has 3 heteroatoms. The quantitative estimate of drug-likeness (QED) is 0.353. The first-order valence-corrected chi connectivity index (χ1v) is 8.97. The van der Waals surface area contributed by atoms with E-state index in [1.54, 1.807) is 24.3 Å². The van der Waals surface area contributed by atoms with Crippen LogP contribution in [0.1, 0.15) is 54.9 Å². The van der Waals surface area contributed by atoms with Crippen LogP contribution in [0, 0.1) is 0 Å². The Morgan fingerprint density at radius 2 is 1.72 bits per heavy atom. The van der Waals surface area contributed by atoms with Crippen LogP contribution in [0.15, 0.2) is 54.6 Å². The Balaban J connectivity index is 1.77. The van der Waals surface area contributed by atoms with Gasteiger partial charge in [0, 0.05) is 17.7 Å². The zero-order valence-corrected chi connectivity index (χ0v) is 14.9. The smallest absolute Gasteiger partial charge is 0.166 e. The van der Waals surface area contributed by atoms with Gasteiger partial charge >= 0.3 is 0 Å². The van der Waals surface area contributed by atoms with Crippen LogP contribution < -0.4 is 10.5 Å². The normalized spacial score (nSPS) is 10.9. The molecule has 0 radical (unpaired) electrons. The number of nitrogens with two attached hydrogens (primary N) is 1. The van der Waals surface area contributed by atoms with Crippen LogP contribution in [-0.2, 0) is 0 Å². The Labute approximate surface area is 150 Å². The Hall–Kier alpha value is -2.55. The first-order chi connectivity index (χ1) is 12.2. The second-order valence-electron chi connectivity index (χ2n) is 6.13. The highest BCUT2D eigenvalue weighted by Crippen LogP contribution is 2.15. The van der Waals surface area contributed by atoms with Crippen molar-refractivity contribution < 1.29 is 9.53 Å². The lowest BCUT2D eigenvalue weighted by atomic mass is 10.1. The molecule has 0 atom stereocenters. The topological polar surface area (TPSA) is 52.3 Å². The summed E-state index contributed by atoms with van der Waals surface area (Å²) in [5, 5.41) is 0. The Kier molecular flexibility index (Phi) is 7.77. The standard InChI is InChI=1S/C22H27NO2/c1-2-3-4-5-17-25-21-15-9-18(10-16-21)7-6-8-22(24)19-11-13-20(23)14-12-19/h6-7,9-16H,2-5,8,17,23H2,1H3. The van der Waals surface area contributed by atoms with Crippen LogP contribution in [0.2, 0.25) is 0 Å². The van der Waals surface area contributed by atoms with Crippen LogP contribution in [0.3, 0.4) is 0 Å². The first-order valence-electron chi connectivity index (χ1n) is 8.97. The van der Waals surface area contributed by atoms with Gasteiger partial charge in [-0.25, -0.2) is 0 Å². The van der Waals surface area contributed by atoms with Gasteiger partial charge in [-0.2, -0.15) is 0 Å².